The average molecular weight is 238 g/mol. The summed E-state index contributed by atoms with van der Waals surface area (Å²) < 4.78 is 0. The molecule has 2 heterocycles. The summed E-state index contributed by atoms with van der Waals surface area (Å²) in [6.45, 7) is 3.27. The molecule has 0 amide bonds. The molecule has 1 aliphatic rings. The van der Waals surface area contributed by atoms with Gasteiger partial charge in [-0.15, -0.1) is 0 Å². The Morgan fingerprint density at radius 2 is 2.38 bits per heavy atom. The van der Waals surface area contributed by atoms with Crippen LogP contribution in [0.25, 0.3) is 0 Å². The minimum absolute atomic E-state index is 0.791. The average Bonchev–Trinajstić information content (AvgIpc) is 2.58. The highest BCUT2D eigenvalue weighted by molar-refractivity contribution is 7.99. The summed E-state index contributed by atoms with van der Waals surface area (Å²) in [7, 11) is 0. The van der Waals surface area contributed by atoms with E-state index in [1.54, 1.807) is 6.20 Å². The van der Waals surface area contributed by atoms with Crippen LogP contribution in [0.4, 0.5) is 5.82 Å². The van der Waals surface area contributed by atoms with Crippen LogP contribution < -0.4 is 11.3 Å². The van der Waals surface area contributed by atoms with Crippen LogP contribution in [0.1, 0.15) is 12.0 Å². The number of hydrazine groups is 1. The van der Waals surface area contributed by atoms with E-state index in [0.717, 1.165) is 18.9 Å². The van der Waals surface area contributed by atoms with Crippen molar-refractivity contribution in [2.45, 2.75) is 13.0 Å². The number of hydrogen-bond acceptors (Lipinski definition) is 5. The summed E-state index contributed by atoms with van der Waals surface area (Å²) in [5, 5.41) is 0. The number of nitrogens with zero attached hydrogens (tertiary/aromatic N) is 2. The first-order valence-electron chi connectivity index (χ1n) is 5.61. The van der Waals surface area contributed by atoms with E-state index in [9.17, 15) is 0 Å². The second kappa shape index (κ2) is 6.08. The topological polar surface area (TPSA) is 54.2 Å². The van der Waals surface area contributed by atoms with Crippen LogP contribution in [0.3, 0.4) is 0 Å². The highest BCUT2D eigenvalue weighted by Gasteiger charge is 2.11. The van der Waals surface area contributed by atoms with Crippen LogP contribution >= 0.6 is 11.8 Å². The molecule has 0 saturated carbocycles. The van der Waals surface area contributed by atoms with Gasteiger partial charge in [-0.3, -0.25) is 4.90 Å². The molecule has 0 radical (unpaired) electrons. The van der Waals surface area contributed by atoms with Gasteiger partial charge in [-0.1, -0.05) is 6.07 Å². The Kier molecular flexibility index (Phi) is 4.44. The van der Waals surface area contributed by atoms with Gasteiger partial charge in [0.2, 0.25) is 0 Å². The molecule has 0 atom stereocenters. The van der Waals surface area contributed by atoms with Crippen molar-refractivity contribution in [3.63, 3.8) is 0 Å². The fraction of sp³-hybridized carbons (Fsp3) is 0.545. The number of thioether (sulfide) groups is 1. The third-order valence-electron chi connectivity index (χ3n) is 2.74. The lowest BCUT2D eigenvalue weighted by Gasteiger charge is -2.20. The van der Waals surface area contributed by atoms with Crippen molar-refractivity contribution in [1.29, 1.82) is 0 Å². The van der Waals surface area contributed by atoms with Crippen LogP contribution in [-0.2, 0) is 6.54 Å². The molecular formula is C11H18N4S. The molecule has 16 heavy (non-hydrogen) atoms. The summed E-state index contributed by atoms with van der Waals surface area (Å²) in [6.07, 6.45) is 3.04. The van der Waals surface area contributed by atoms with Gasteiger partial charge in [0.25, 0.3) is 0 Å². The van der Waals surface area contributed by atoms with Crippen LogP contribution in [0.15, 0.2) is 18.3 Å². The number of nitrogens with one attached hydrogen (secondary N) is 1. The van der Waals surface area contributed by atoms with E-state index in [4.69, 9.17) is 5.84 Å². The van der Waals surface area contributed by atoms with E-state index in [1.165, 1.54) is 30.0 Å². The van der Waals surface area contributed by atoms with E-state index >= 15 is 0 Å². The molecule has 0 unspecified atom stereocenters. The number of pyridine rings is 1. The van der Waals surface area contributed by atoms with Crippen molar-refractivity contribution < 1.29 is 0 Å². The molecule has 0 aliphatic carbocycles. The second-order valence-corrected chi connectivity index (χ2v) is 5.12. The van der Waals surface area contributed by atoms with Crippen molar-refractivity contribution in [2.75, 3.05) is 30.0 Å². The Hall–Kier alpha value is -0.780. The Balaban J connectivity index is 2.01. The van der Waals surface area contributed by atoms with Gasteiger partial charge < -0.3 is 5.43 Å². The van der Waals surface area contributed by atoms with E-state index in [1.807, 2.05) is 17.8 Å². The number of aromatic nitrogens is 1. The molecular weight excluding hydrogens is 220 g/mol. The van der Waals surface area contributed by atoms with Crippen LogP contribution in [0, 0.1) is 0 Å². The summed E-state index contributed by atoms with van der Waals surface area (Å²) in [4.78, 5) is 6.69. The van der Waals surface area contributed by atoms with Crippen molar-refractivity contribution in [3.8, 4) is 0 Å². The van der Waals surface area contributed by atoms with Gasteiger partial charge in [-0.25, -0.2) is 10.8 Å². The van der Waals surface area contributed by atoms with Gasteiger partial charge >= 0.3 is 0 Å². The Labute approximate surface area is 101 Å². The zero-order valence-electron chi connectivity index (χ0n) is 9.35. The van der Waals surface area contributed by atoms with Crippen molar-refractivity contribution in [1.82, 2.24) is 9.88 Å². The van der Waals surface area contributed by atoms with Gasteiger partial charge in [0.05, 0.1) is 0 Å². The molecule has 0 aromatic carbocycles. The summed E-state index contributed by atoms with van der Waals surface area (Å²) >= 11 is 2.04. The van der Waals surface area contributed by atoms with Gasteiger partial charge in [0.1, 0.15) is 5.82 Å². The second-order valence-electron chi connectivity index (χ2n) is 3.90. The first-order chi connectivity index (χ1) is 7.90. The lowest BCUT2D eigenvalue weighted by Crippen LogP contribution is -2.26. The van der Waals surface area contributed by atoms with Gasteiger partial charge in [-0.2, -0.15) is 11.8 Å². The Morgan fingerprint density at radius 3 is 3.25 bits per heavy atom. The molecule has 3 N–H and O–H groups in total. The molecule has 0 bridgehead atoms. The third-order valence-corrected chi connectivity index (χ3v) is 3.79. The lowest BCUT2D eigenvalue weighted by molar-refractivity contribution is 0.287. The predicted octanol–water partition coefficient (Wildman–Crippen LogP) is 1.31. The predicted molar refractivity (Wildman–Crippen MR) is 69.3 cm³/mol. The highest BCUT2D eigenvalue weighted by atomic mass is 32.2. The smallest absolute Gasteiger partial charge is 0.144 e. The largest absolute Gasteiger partial charge is 0.308 e. The van der Waals surface area contributed by atoms with Gasteiger partial charge in [0.15, 0.2) is 0 Å². The lowest BCUT2D eigenvalue weighted by atomic mass is 10.2. The zero-order chi connectivity index (χ0) is 11.2. The molecule has 1 saturated heterocycles. The van der Waals surface area contributed by atoms with E-state index < -0.39 is 0 Å². The van der Waals surface area contributed by atoms with Crippen LogP contribution in [0.2, 0.25) is 0 Å². The minimum atomic E-state index is 0.791. The van der Waals surface area contributed by atoms with Crippen LogP contribution in [0.5, 0.6) is 0 Å². The van der Waals surface area contributed by atoms with E-state index in [0.29, 0.717) is 0 Å². The molecule has 2 rings (SSSR count). The first kappa shape index (κ1) is 11.7. The Bertz CT molecular complexity index is 324. The molecule has 1 fully saturated rings. The number of nitrogen functional groups attached to an aromatic ring is 1. The molecule has 1 aliphatic heterocycles. The van der Waals surface area contributed by atoms with E-state index in [2.05, 4.69) is 21.4 Å². The zero-order valence-corrected chi connectivity index (χ0v) is 10.2. The highest BCUT2D eigenvalue weighted by Crippen LogP contribution is 2.16. The van der Waals surface area contributed by atoms with Crippen LogP contribution in [-0.4, -0.2) is 34.5 Å². The maximum absolute atomic E-state index is 5.45. The molecule has 4 nitrogen and oxygen atoms in total. The van der Waals surface area contributed by atoms with Crippen molar-refractivity contribution in [2.24, 2.45) is 5.84 Å². The fourth-order valence-corrected chi connectivity index (χ4v) is 2.82. The first-order valence-corrected chi connectivity index (χ1v) is 6.76. The SMILES string of the molecule is NNc1ncccc1CN1CCCSCC1. The quantitative estimate of drug-likeness (QED) is 0.614. The number of anilines is 1. The number of rotatable bonds is 3. The standard InChI is InChI=1S/C11H18N4S/c12-14-11-10(3-1-4-13-11)9-15-5-2-7-16-8-6-15/h1,3-4H,2,5-9,12H2,(H,13,14). The minimum Gasteiger partial charge on any atom is -0.308 e. The summed E-state index contributed by atoms with van der Waals surface area (Å²) in [5.74, 6) is 8.75. The Morgan fingerprint density at radius 1 is 1.44 bits per heavy atom. The summed E-state index contributed by atoms with van der Waals surface area (Å²) in [5.41, 5.74) is 3.84. The maximum atomic E-state index is 5.45. The molecule has 5 heteroatoms. The fourth-order valence-electron chi connectivity index (χ4n) is 1.89. The van der Waals surface area contributed by atoms with Crippen molar-refractivity contribution >= 4 is 17.6 Å². The third kappa shape index (κ3) is 3.10. The van der Waals surface area contributed by atoms with Gasteiger partial charge in [0, 0.05) is 30.6 Å². The van der Waals surface area contributed by atoms with Gasteiger partial charge in [-0.05, 0) is 24.8 Å². The molecule has 0 spiro atoms. The van der Waals surface area contributed by atoms with Crippen molar-refractivity contribution in [3.05, 3.63) is 23.9 Å². The normalized spacial score (nSPS) is 18.1. The van der Waals surface area contributed by atoms with E-state index in [-0.39, 0.29) is 0 Å². The molecule has 88 valence electrons. The summed E-state index contributed by atoms with van der Waals surface area (Å²) in [6, 6.07) is 4.04. The number of nitrogens with two attached hydrogens (primary N) is 1. The maximum Gasteiger partial charge on any atom is 0.144 e. The number of hydrogen-bond donors (Lipinski definition) is 2. The molecule has 1 aromatic heterocycles. The molecule has 1 aromatic rings. The monoisotopic (exact) mass is 238 g/mol.